The molecule has 0 radical (unpaired) electrons. The molecule has 0 aliphatic heterocycles. The van der Waals surface area contributed by atoms with Crippen molar-refractivity contribution in [1.29, 1.82) is 0 Å². The fourth-order valence-corrected chi connectivity index (χ4v) is 2.25. The van der Waals surface area contributed by atoms with Gasteiger partial charge in [-0.2, -0.15) is 11.3 Å². The summed E-state index contributed by atoms with van der Waals surface area (Å²) >= 11 is 1.70. The van der Waals surface area contributed by atoms with Crippen LogP contribution in [0.15, 0.2) is 35.0 Å². The van der Waals surface area contributed by atoms with Crippen molar-refractivity contribution >= 4 is 22.7 Å². The molecule has 1 heterocycles. The molecule has 2 nitrogen and oxygen atoms in total. The van der Waals surface area contributed by atoms with Gasteiger partial charge in [-0.3, -0.25) is 0 Å². The van der Waals surface area contributed by atoms with Crippen LogP contribution in [0.5, 0.6) is 0 Å². The zero-order chi connectivity index (χ0) is 10.8. The highest BCUT2D eigenvalue weighted by molar-refractivity contribution is 7.08. The number of nitrogens with zero attached hydrogens (tertiary/aromatic N) is 1. The number of thiophene rings is 1. The quantitative estimate of drug-likeness (QED) is 0.785. The van der Waals surface area contributed by atoms with Crippen LogP contribution >= 0.6 is 11.3 Å². The highest BCUT2D eigenvalue weighted by Crippen LogP contribution is 2.32. The Labute approximate surface area is 94.0 Å². The Morgan fingerprint density at radius 2 is 2.00 bits per heavy atom. The Morgan fingerprint density at radius 1 is 1.20 bits per heavy atom. The molecule has 0 unspecified atom stereocenters. The Morgan fingerprint density at radius 3 is 2.60 bits per heavy atom. The van der Waals surface area contributed by atoms with E-state index in [-0.39, 0.29) is 0 Å². The maximum Gasteiger partial charge on any atom is 0.0442 e. The Balaban J connectivity index is 2.58. The molecule has 3 heteroatoms. The minimum absolute atomic E-state index is 0.807. The second kappa shape index (κ2) is 3.95. The number of hydrogen-bond donors (Lipinski definition) is 1. The van der Waals surface area contributed by atoms with Crippen molar-refractivity contribution < 1.29 is 0 Å². The fraction of sp³-hybridized carbons (Fsp3) is 0.167. The summed E-state index contributed by atoms with van der Waals surface area (Å²) in [6.07, 6.45) is 0. The van der Waals surface area contributed by atoms with E-state index < -0.39 is 0 Å². The molecule has 0 saturated carbocycles. The first-order valence-corrected chi connectivity index (χ1v) is 5.72. The van der Waals surface area contributed by atoms with Crippen molar-refractivity contribution in [1.82, 2.24) is 0 Å². The molecule has 0 atom stereocenters. The molecule has 0 aliphatic rings. The molecule has 0 amide bonds. The predicted octanol–water partition coefficient (Wildman–Crippen LogP) is 3.06. The number of rotatable bonds is 2. The topological polar surface area (TPSA) is 29.3 Å². The summed E-state index contributed by atoms with van der Waals surface area (Å²) < 4.78 is 0. The molecule has 0 aliphatic carbocycles. The summed E-state index contributed by atoms with van der Waals surface area (Å²) in [5.41, 5.74) is 10.3. The third-order valence-electron chi connectivity index (χ3n) is 2.33. The number of nitrogens with two attached hydrogens (primary N) is 1. The lowest BCUT2D eigenvalue weighted by Crippen LogP contribution is -2.10. The van der Waals surface area contributed by atoms with Gasteiger partial charge in [0.25, 0.3) is 0 Å². The van der Waals surface area contributed by atoms with E-state index in [1.807, 2.05) is 26.2 Å². The third kappa shape index (κ3) is 1.97. The van der Waals surface area contributed by atoms with E-state index in [1.165, 1.54) is 16.8 Å². The first-order valence-electron chi connectivity index (χ1n) is 4.78. The fourth-order valence-electron chi connectivity index (χ4n) is 1.59. The zero-order valence-electron chi connectivity index (χ0n) is 8.90. The second-order valence-electron chi connectivity index (χ2n) is 3.68. The van der Waals surface area contributed by atoms with Crippen LogP contribution in [-0.4, -0.2) is 14.1 Å². The van der Waals surface area contributed by atoms with Gasteiger partial charge >= 0.3 is 0 Å². The average molecular weight is 218 g/mol. The number of anilines is 2. The van der Waals surface area contributed by atoms with Crippen LogP contribution in [0, 0.1) is 0 Å². The molecule has 0 saturated heterocycles. The Hall–Kier alpha value is -1.48. The molecule has 15 heavy (non-hydrogen) atoms. The number of benzene rings is 1. The van der Waals surface area contributed by atoms with E-state index in [9.17, 15) is 0 Å². The molecule has 2 aromatic rings. The predicted molar refractivity (Wildman–Crippen MR) is 68.5 cm³/mol. The van der Waals surface area contributed by atoms with Crippen molar-refractivity contribution in [2.75, 3.05) is 24.7 Å². The molecule has 1 aromatic heterocycles. The average Bonchev–Trinajstić information content (AvgIpc) is 2.69. The molecule has 2 N–H and O–H groups in total. The molecule has 1 aromatic carbocycles. The van der Waals surface area contributed by atoms with Crippen LogP contribution in [-0.2, 0) is 0 Å². The van der Waals surface area contributed by atoms with E-state index in [2.05, 4.69) is 27.8 Å². The largest absolute Gasteiger partial charge is 0.399 e. The van der Waals surface area contributed by atoms with Crippen LogP contribution < -0.4 is 10.6 Å². The lowest BCUT2D eigenvalue weighted by atomic mass is 10.1. The zero-order valence-corrected chi connectivity index (χ0v) is 9.71. The summed E-state index contributed by atoms with van der Waals surface area (Å²) in [7, 11) is 4.09. The molecular formula is C12H14N2S. The monoisotopic (exact) mass is 218 g/mol. The molecule has 0 spiro atoms. The summed E-state index contributed by atoms with van der Waals surface area (Å²) in [5, 5.41) is 4.22. The summed E-state index contributed by atoms with van der Waals surface area (Å²) in [4.78, 5) is 2.10. The first-order chi connectivity index (χ1) is 7.18. The van der Waals surface area contributed by atoms with Crippen molar-refractivity contribution in [3.05, 3.63) is 35.0 Å². The summed E-state index contributed by atoms with van der Waals surface area (Å²) in [5.74, 6) is 0. The van der Waals surface area contributed by atoms with E-state index >= 15 is 0 Å². The van der Waals surface area contributed by atoms with Crippen LogP contribution in [0.3, 0.4) is 0 Å². The van der Waals surface area contributed by atoms with E-state index in [0.717, 1.165) is 5.69 Å². The number of nitrogen functional groups attached to an aromatic ring is 1. The maximum absolute atomic E-state index is 5.82. The first kappa shape index (κ1) is 10.1. The van der Waals surface area contributed by atoms with Crippen LogP contribution in [0.25, 0.3) is 11.1 Å². The van der Waals surface area contributed by atoms with E-state index in [0.29, 0.717) is 0 Å². The van der Waals surface area contributed by atoms with Gasteiger partial charge in [0.1, 0.15) is 0 Å². The van der Waals surface area contributed by atoms with Crippen molar-refractivity contribution in [2.24, 2.45) is 0 Å². The normalized spacial score (nSPS) is 10.3. The number of hydrogen-bond acceptors (Lipinski definition) is 3. The van der Waals surface area contributed by atoms with Gasteiger partial charge < -0.3 is 10.6 Å². The standard InChI is InChI=1S/C12H14N2S/c1-14(2)12-4-3-10(13)7-11(12)9-5-6-15-8-9/h3-8H,13H2,1-2H3. The molecule has 0 bridgehead atoms. The van der Waals surface area contributed by atoms with Crippen LogP contribution in [0.4, 0.5) is 11.4 Å². The summed E-state index contributed by atoms with van der Waals surface area (Å²) in [6, 6.07) is 8.14. The third-order valence-corrected chi connectivity index (χ3v) is 3.02. The maximum atomic E-state index is 5.82. The Bertz CT molecular complexity index is 447. The van der Waals surface area contributed by atoms with Gasteiger partial charge in [-0.1, -0.05) is 0 Å². The minimum atomic E-state index is 0.807. The van der Waals surface area contributed by atoms with Crippen molar-refractivity contribution in [3.63, 3.8) is 0 Å². The van der Waals surface area contributed by atoms with Gasteiger partial charge in [-0.05, 0) is 40.6 Å². The minimum Gasteiger partial charge on any atom is -0.399 e. The second-order valence-corrected chi connectivity index (χ2v) is 4.46. The van der Waals surface area contributed by atoms with Gasteiger partial charge in [0.05, 0.1) is 0 Å². The molecule has 2 rings (SSSR count). The summed E-state index contributed by atoms with van der Waals surface area (Å²) in [6.45, 7) is 0. The van der Waals surface area contributed by atoms with Crippen LogP contribution in [0.1, 0.15) is 0 Å². The van der Waals surface area contributed by atoms with E-state index in [1.54, 1.807) is 11.3 Å². The molecular weight excluding hydrogens is 204 g/mol. The van der Waals surface area contributed by atoms with E-state index in [4.69, 9.17) is 5.73 Å². The lowest BCUT2D eigenvalue weighted by molar-refractivity contribution is 1.13. The van der Waals surface area contributed by atoms with Gasteiger partial charge in [0, 0.05) is 31.0 Å². The highest BCUT2D eigenvalue weighted by atomic mass is 32.1. The lowest BCUT2D eigenvalue weighted by Gasteiger charge is -2.17. The Kier molecular flexibility index (Phi) is 2.64. The van der Waals surface area contributed by atoms with Crippen molar-refractivity contribution in [3.8, 4) is 11.1 Å². The molecule has 78 valence electrons. The van der Waals surface area contributed by atoms with Gasteiger partial charge in [0.15, 0.2) is 0 Å². The van der Waals surface area contributed by atoms with Gasteiger partial charge in [-0.15, -0.1) is 0 Å². The molecule has 0 fully saturated rings. The van der Waals surface area contributed by atoms with Crippen LogP contribution in [0.2, 0.25) is 0 Å². The van der Waals surface area contributed by atoms with Crippen molar-refractivity contribution in [2.45, 2.75) is 0 Å². The smallest absolute Gasteiger partial charge is 0.0442 e. The van der Waals surface area contributed by atoms with Gasteiger partial charge in [0.2, 0.25) is 0 Å². The van der Waals surface area contributed by atoms with Gasteiger partial charge in [-0.25, -0.2) is 0 Å². The highest BCUT2D eigenvalue weighted by Gasteiger charge is 2.07. The SMILES string of the molecule is CN(C)c1ccc(N)cc1-c1ccsc1.